The van der Waals surface area contributed by atoms with Crippen LogP contribution in [0.1, 0.15) is 10.5 Å². The van der Waals surface area contributed by atoms with Gasteiger partial charge in [-0.05, 0) is 23.6 Å². The third-order valence-electron chi connectivity index (χ3n) is 3.68. The molecule has 6 nitrogen and oxygen atoms in total. The van der Waals surface area contributed by atoms with E-state index in [9.17, 15) is 9.59 Å². The van der Waals surface area contributed by atoms with Gasteiger partial charge in [-0.3, -0.25) is 4.79 Å². The molecule has 0 saturated carbocycles. The van der Waals surface area contributed by atoms with Gasteiger partial charge in [0.1, 0.15) is 12.2 Å². The minimum atomic E-state index is -0.440. The highest BCUT2D eigenvalue weighted by atomic mass is 16.5. The lowest BCUT2D eigenvalue weighted by atomic mass is 10.2. The number of fused-ring (bicyclic) bond motifs is 1. The van der Waals surface area contributed by atoms with Crippen LogP contribution in [0.2, 0.25) is 0 Å². The number of benzene rings is 1. The van der Waals surface area contributed by atoms with E-state index in [0.717, 1.165) is 10.9 Å². The van der Waals surface area contributed by atoms with Crippen LogP contribution >= 0.6 is 0 Å². The number of hydrogen-bond acceptors (Lipinski definition) is 3. The van der Waals surface area contributed by atoms with Gasteiger partial charge in [0.05, 0.1) is 12.8 Å². The summed E-state index contributed by atoms with van der Waals surface area (Å²) in [6.07, 6.45) is 3.56. The Hall–Kier alpha value is -3.02. The van der Waals surface area contributed by atoms with Gasteiger partial charge < -0.3 is 19.2 Å². The number of aryl methyl sites for hydroxylation is 1. The quantitative estimate of drug-likeness (QED) is 0.753. The van der Waals surface area contributed by atoms with Gasteiger partial charge in [-0.1, -0.05) is 18.2 Å². The number of carbonyl (C=O) groups is 2. The second-order valence-corrected chi connectivity index (χ2v) is 5.27. The molecule has 0 saturated heterocycles. The van der Waals surface area contributed by atoms with Crippen LogP contribution in [-0.2, 0) is 23.1 Å². The molecule has 1 amide bonds. The number of nitrogens with zero attached hydrogens (tertiary/aromatic N) is 2. The predicted molar refractivity (Wildman–Crippen MR) is 87.3 cm³/mol. The van der Waals surface area contributed by atoms with Gasteiger partial charge >= 0.3 is 5.97 Å². The standard InChI is InChI=1S/C17H17N3O3/c1-19-10-13(9-15(19)17(22)23-2)18-16(21)11-20-8-7-12-5-3-4-6-14(12)20/h3-10H,11H2,1-2H3,(H,18,21). The molecular weight excluding hydrogens is 294 g/mol. The summed E-state index contributed by atoms with van der Waals surface area (Å²) in [6, 6.07) is 11.4. The molecule has 0 aliphatic rings. The van der Waals surface area contributed by atoms with Crippen LogP contribution in [0.15, 0.2) is 48.8 Å². The van der Waals surface area contributed by atoms with E-state index in [2.05, 4.69) is 5.32 Å². The molecule has 1 N–H and O–H groups in total. The highest BCUT2D eigenvalue weighted by Gasteiger charge is 2.13. The second-order valence-electron chi connectivity index (χ2n) is 5.27. The van der Waals surface area contributed by atoms with Crippen LogP contribution in [0.5, 0.6) is 0 Å². The molecule has 1 aromatic carbocycles. The number of ether oxygens (including phenoxy) is 1. The molecule has 0 unspecified atom stereocenters. The van der Waals surface area contributed by atoms with E-state index in [1.165, 1.54) is 7.11 Å². The number of carbonyl (C=O) groups excluding carboxylic acids is 2. The zero-order valence-electron chi connectivity index (χ0n) is 12.9. The van der Waals surface area contributed by atoms with E-state index in [0.29, 0.717) is 11.4 Å². The molecule has 6 heteroatoms. The number of aromatic nitrogens is 2. The molecule has 3 rings (SSSR count). The molecular formula is C17H17N3O3. The summed E-state index contributed by atoms with van der Waals surface area (Å²) in [5.74, 6) is -0.599. The minimum absolute atomic E-state index is 0.159. The van der Waals surface area contributed by atoms with Crippen molar-refractivity contribution in [3.05, 3.63) is 54.5 Å². The molecule has 118 valence electrons. The lowest BCUT2D eigenvalue weighted by molar-refractivity contribution is -0.116. The largest absolute Gasteiger partial charge is 0.464 e. The SMILES string of the molecule is COC(=O)c1cc(NC(=O)Cn2ccc3ccccc32)cn1C. The monoisotopic (exact) mass is 311 g/mol. The Morgan fingerprint density at radius 3 is 2.78 bits per heavy atom. The van der Waals surface area contributed by atoms with Crippen molar-refractivity contribution in [2.45, 2.75) is 6.54 Å². The molecule has 0 radical (unpaired) electrons. The summed E-state index contributed by atoms with van der Waals surface area (Å²) >= 11 is 0. The van der Waals surface area contributed by atoms with Gasteiger partial charge in [-0.15, -0.1) is 0 Å². The fraction of sp³-hybridized carbons (Fsp3) is 0.176. The number of methoxy groups -OCH3 is 1. The molecule has 0 spiro atoms. The number of nitrogens with one attached hydrogen (secondary N) is 1. The van der Waals surface area contributed by atoms with Crippen LogP contribution < -0.4 is 5.32 Å². The third kappa shape index (κ3) is 2.96. The van der Waals surface area contributed by atoms with Gasteiger partial charge in [-0.2, -0.15) is 0 Å². The Bertz CT molecular complexity index is 876. The molecule has 0 fully saturated rings. The zero-order chi connectivity index (χ0) is 16.4. The fourth-order valence-corrected chi connectivity index (χ4v) is 2.57. The first kappa shape index (κ1) is 14.9. The summed E-state index contributed by atoms with van der Waals surface area (Å²) in [6.45, 7) is 0.204. The van der Waals surface area contributed by atoms with E-state index in [-0.39, 0.29) is 12.5 Å². The molecule has 0 aliphatic carbocycles. The van der Waals surface area contributed by atoms with Crippen LogP contribution in [0.3, 0.4) is 0 Å². The Labute approximate surface area is 133 Å². The average Bonchev–Trinajstić information content (AvgIpc) is 3.10. The average molecular weight is 311 g/mol. The second kappa shape index (κ2) is 6.00. The predicted octanol–water partition coefficient (Wildman–Crippen LogP) is 2.41. The summed E-state index contributed by atoms with van der Waals surface area (Å²) in [5.41, 5.74) is 1.95. The first-order valence-electron chi connectivity index (χ1n) is 7.17. The fourth-order valence-electron chi connectivity index (χ4n) is 2.57. The lowest BCUT2D eigenvalue weighted by Gasteiger charge is -2.05. The summed E-state index contributed by atoms with van der Waals surface area (Å²) < 4.78 is 8.19. The van der Waals surface area contributed by atoms with E-state index in [1.54, 1.807) is 23.9 Å². The normalized spacial score (nSPS) is 10.7. The van der Waals surface area contributed by atoms with E-state index in [1.807, 2.05) is 41.1 Å². The first-order chi connectivity index (χ1) is 11.1. The smallest absolute Gasteiger partial charge is 0.354 e. The number of hydrogen-bond donors (Lipinski definition) is 1. The van der Waals surface area contributed by atoms with E-state index in [4.69, 9.17) is 4.74 Å². The van der Waals surface area contributed by atoms with Crippen LogP contribution in [0, 0.1) is 0 Å². The van der Waals surface area contributed by atoms with Crippen molar-refractivity contribution >= 4 is 28.5 Å². The van der Waals surface area contributed by atoms with Crippen molar-refractivity contribution in [3.8, 4) is 0 Å². The molecule has 0 aliphatic heterocycles. The maximum atomic E-state index is 12.2. The van der Waals surface area contributed by atoms with Crippen molar-refractivity contribution in [1.82, 2.24) is 9.13 Å². The number of esters is 1. The van der Waals surface area contributed by atoms with E-state index >= 15 is 0 Å². The number of rotatable bonds is 4. The number of para-hydroxylation sites is 1. The maximum absolute atomic E-state index is 12.2. The highest BCUT2D eigenvalue weighted by Crippen LogP contribution is 2.16. The molecule has 23 heavy (non-hydrogen) atoms. The summed E-state index contributed by atoms with van der Waals surface area (Å²) in [5, 5.41) is 3.89. The molecule has 0 atom stereocenters. The third-order valence-corrected chi connectivity index (χ3v) is 3.68. The Kier molecular flexibility index (Phi) is 3.89. The van der Waals surface area contributed by atoms with Crippen LogP contribution in [0.25, 0.3) is 10.9 Å². The zero-order valence-corrected chi connectivity index (χ0v) is 12.9. The van der Waals surface area contributed by atoms with Gasteiger partial charge in [0, 0.05) is 25.0 Å². The highest BCUT2D eigenvalue weighted by molar-refractivity contribution is 5.94. The van der Waals surface area contributed by atoms with Gasteiger partial charge in [0.15, 0.2) is 0 Å². The van der Waals surface area contributed by atoms with Crippen molar-refractivity contribution < 1.29 is 14.3 Å². The van der Waals surface area contributed by atoms with Gasteiger partial charge in [0.2, 0.25) is 5.91 Å². The van der Waals surface area contributed by atoms with Crippen molar-refractivity contribution in [2.75, 3.05) is 12.4 Å². The van der Waals surface area contributed by atoms with Gasteiger partial charge in [0.25, 0.3) is 0 Å². The Morgan fingerprint density at radius 1 is 1.22 bits per heavy atom. The van der Waals surface area contributed by atoms with Crippen LogP contribution in [-0.4, -0.2) is 28.1 Å². The summed E-state index contributed by atoms with van der Waals surface area (Å²) in [4.78, 5) is 23.8. The maximum Gasteiger partial charge on any atom is 0.354 e. The molecule has 2 aromatic heterocycles. The Morgan fingerprint density at radius 2 is 2.00 bits per heavy atom. The molecule has 2 heterocycles. The van der Waals surface area contributed by atoms with Crippen molar-refractivity contribution in [2.24, 2.45) is 7.05 Å². The lowest BCUT2D eigenvalue weighted by Crippen LogP contribution is -2.17. The molecule has 0 bridgehead atoms. The number of anilines is 1. The number of amides is 1. The van der Waals surface area contributed by atoms with Crippen molar-refractivity contribution in [3.63, 3.8) is 0 Å². The van der Waals surface area contributed by atoms with Crippen LogP contribution in [0.4, 0.5) is 5.69 Å². The minimum Gasteiger partial charge on any atom is -0.464 e. The summed E-state index contributed by atoms with van der Waals surface area (Å²) in [7, 11) is 3.05. The topological polar surface area (TPSA) is 65.3 Å². The van der Waals surface area contributed by atoms with E-state index < -0.39 is 5.97 Å². The van der Waals surface area contributed by atoms with Crippen molar-refractivity contribution in [1.29, 1.82) is 0 Å². The van der Waals surface area contributed by atoms with Gasteiger partial charge in [-0.25, -0.2) is 4.79 Å². The molecule has 3 aromatic rings. The Balaban J connectivity index is 1.74. The first-order valence-corrected chi connectivity index (χ1v) is 7.17.